The van der Waals surface area contributed by atoms with E-state index in [-0.39, 0.29) is 12.0 Å². The quantitative estimate of drug-likeness (QED) is 0.839. The smallest absolute Gasteiger partial charge is 0.128 e. The summed E-state index contributed by atoms with van der Waals surface area (Å²) in [6.45, 7) is 2.53. The second-order valence-corrected chi connectivity index (χ2v) is 5.04. The molecule has 3 rings (SSSR count). The molecule has 1 aromatic rings. The van der Waals surface area contributed by atoms with E-state index in [1.54, 1.807) is 0 Å². The van der Waals surface area contributed by atoms with Gasteiger partial charge >= 0.3 is 0 Å². The molecule has 0 bridgehead atoms. The minimum atomic E-state index is 0.0521. The molecule has 1 aromatic heterocycles. The highest BCUT2D eigenvalue weighted by atomic mass is 16.3. The molecule has 2 aliphatic rings. The van der Waals surface area contributed by atoms with Crippen LogP contribution in [0.25, 0.3) is 0 Å². The summed E-state index contributed by atoms with van der Waals surface area (Å²) in [5, 5.41) is 9.35. The van der Waals surface area contributed by atoms with E-state index in [9.17, 15) is 5.11 Å². The molecule has 1 saturated heterocycles. The molecule has 3 nitrogen and oxygen atoms in total. The van der Waals surface area contributed by atoms with Gasteiger partial charge in [0.2, 0.25) is 0 Å². The summed E-state index contributed by atoms with van der Waals surface area (Å²) in [7, 11) is 0. The van der Waals surface area contributed by atoms with Crippen LogP contribution in [0.15, 0.2) is 18.3 Å². The molecule has 1 saturated carbocycles. The summed E-state index contributed by atoms with van der Waals surface area (Å²) in [6, 6.07) is 4.25. The minimum absolute atomic E-state index is 0.0521. The first-order valence-corrected chi connectivity index (χ1v) is 6.16. The predicted octanol–water partition coefficient (Wildman–Crippen LogP) is 1.71. The van der Waals surface area contributed by atoms with Crippen molar-refractivity contribution in [3.8, 4) is 0 Å². The molecule has 0 unspecified atom stereocenters. The molecule has 0 atom stereocenters. The maximum Gasteiger partial charge on any atom is 0.128 e. The first-order chi connectivity index (χ1) is 7.84. The monoisotopic (exact) mass is 218 g/mol. The second kappa shape index (κ2) is 3.74. The average molecular weight is 218 g/mol. The molecule has 3 heteroatoms. The van der Waals surface area contributed by atoms with Crippen molar-refractivity contribution in [3.05, 3.63) is 23.9 Å². The van der Waals surface area contributed by atoms with Gasteiger partial charge in [-0.2, -0.15) is 0 Å². The van der Waals surface area contributed by atoms with Crippen LogP contribution in [0, 0.1) is 0 Å². The molecular formula is C13H18N2O. The number of rotatable bonds is 3. The minimum Gasteiger partial charge on any atom is -0.395 e. The van der Waals surface area contributed by atoms with E-state index >= 15 is 0 Å². The maximum absolute atomic E-state index is 9.35. The highest BCUT2D eigenvalue weighted by Gasteiger charge is 2.43. The van der Waals surface area contributed by atoms with Gasteiger partial charge in [0.05, 0.1) is 6.61 Å². The van der Waals surface area contributed by atoms with E-state index < -0.39 is 0 Å². The van der Waals surface area contributed by atoms with E-state index in [4.69, 9.17) is 0 Å². The Morgan fingerprint density at radius 1 is 1.25 bits per heavy atom. The third-order valence-corrected chi connectivity index (χ3v) is 3.95. The van der Waals surface area contributed by atoms with Crippen LogP contribution in [0.5, 0.6) is 0 Å². The van der Waals surface area contributed by atoms with Crippen LogP contribution in [-0.2, 0) is 5.41 Å². The Labute approximate surface area is 96.1 Å². The fourth-order valence-corrected chi connectivity index (χ4v) is 2.52. The largest absolute Gasteiger partial charge is 0.395 e. The zero-order valence-corrected chi connectivity index (χ0v) is 9.52. The summed E-state index contributed by atoms with van der Waals surface area (Å²) >= 11 is 0. The zero-order valence-electron chi connectivity index (χ0n) is 9.52. The molecule has 0 spiro atoms. The Morgan fingerprint density at radius 3 is 2.50 bits per heavy atom. The van der Waals surface area contributed by atoms with Gasteiger partial charge in [-0.25, -0.2) is 4.98 Å². The van der Waals surface area contributed by atoms with Gasteiger partial charge in [-0.15, -0.1) is 0 Å². The molecule has 0 aromatic carbocycles. The van der Waals surface area contributed by atoms with Crippen molar-refractivity contribution >= 4 is 5.82 Å². The second-order valence-electron chi connectivity index (χ2n) is 5.04. The van der Waals surface area contributed by atoms with E-state index in [0.717, 1.165) is 31.7 Å². The SMILES string of the molecule is OCC1(c2ccc(N3CCCC3)nc2)CC1. The van der Waals surface area contributed by atoms with Crippen LogP contribution < -0.4 is 4.90 Å². The zero-order chi connectivity index (χ0) is 11.0. The molecule has 2 heterocycles. The number of hydrogen-bond donors (Lipinski definition) is 1. The molecule has 2 fully saturated rings. The predicted molar refractivity (Wildman–Crippen MR) is 63.7 cm³/mol. The van der Waals surface area contributed by atoms with Crippen LogP contribution in [-0.4, -0.2) is 29.8 Å². The summed E-state index contributed by atoms with van der Waals surface area (Å²) in [4.78, 5) is 6.87. The number of pyridine rings is 1. The summed E-state index contributed by atoms with van der Waals surface area (Å²) in [6.07, 6.45) is 6.73. The van der Waals surface area contributed by atoms with E-state index in [2.05, 4.69) is 22.0 Å². The number of aromatic nitrogens is 1. The van der Waals surface area contributed by atoms with Crippen LogP contribution in [0.4, 0.5) is 5.82 Å². The van der Waals surface area contributed by atoms with E-state index in [1.165, 1.54) is 18.4 Å². The van der Waals surface area contributed by atoms with Gasteiger partial charge < -0.3 is 10.0 Å². The van der Waals surface area contributed by atoms with Crippen molar-refractivity contribution in [2.45, 2.75) is 31.1 Å². The molecule has 1 aliphatic heterocycles. The Hall–Kier alpha value is -1.09. The van der Waals surface area contributed by atoms with Gasteiger partial charge in [-0.05, 0) is 37.3 Å². The number of hydrogen-bond acceptors (Lipinski definition) is 3. The third-order valence-electron chi connectivity index (χ3n) is 3.95. The van der Waals surface area contributed by atoms with Gasteiger partial charge in [-0.1, -0.05) is 6.07 Å². The van der Waals surface area contributed by atoms with Gasteiger partial charge in [0.15, 0.2) is 0 Å². The lowest BCUT2D eigenvalue weighted by Crippen LogP contribution is -2.19. The van der Waals surface area contributed by atoms with Crippen molar-refractivity contribution in [1.29, 1.82) is 0 Å². The molecule has 1 aliphatic carbocycles. The van der Waals surface area contributed by atoms with Crippen LogP contribution in [0.3, 0.4) is 0 Å². The highest BCUT2D eigenvalue weighted by molar-refractivity contribution is 5.42. The Bertz CT molecular complexity index is 364. The fraction of sp³-hybridized carbons (Fsp3) is 0.615. The molecule has 0 amide bonds. The van der Waals surface area contributed by atoms with Crippen LogP contribution in [0.2, 0.25) is 0 Å². The molecule has 86 valence electrons. The molecular weight excluding hydrogens is 200 g/mol. The number of anilines is 1. The van der Waals surface area contributed by atoms with Crippen molar-refractivity contribution in [2.75, 3.05) is 24.6 Å². The summed E-state index contributed by atoms with van der Waals surface area (Å²) in [5.74, 6) is 1.09. The number of aliphatic hydroxyl groups excluding tert-OH is 1. The van der Waals surface area contributed by atoms with Gasteiger partial charge in [0.1, 0.15) is 5.82 Å². The standard InChI is InChI=1S/C13H18N2O/c16-10-13(5-6-13)11-3-4-12(14-9-11)15-7-1-2-8-15/h3-4,9,16H,1-2,5-8,10H2. The van der Waals surface area contributed by atoms with Crippen molar-refractivity contribution < 1.29 is 5.11 Å². The van der Waals surface area contributed by atoms with E-state index in [1.807, 2.05) is 6.20 Å². The lowest BCUT2D eigenvalue weighted by atomic mass is 9.99. The first kappa shape index (κ1) is 10.1. The fourth-order valence-electron chi connectivity index (χ4n) is 2.52. The van der Waals surface area contributed by atoms with Gasteiger partial charge in [0.25, 0.3) is 0 Å². The number of nitrogens with zero attached hydrogens (tertiary/aromatic N) is 2. The Kier molecular flexibility index (Phi) is 2.36. The van der Waals surface area contributed by atoms with Crippen molar-refractivity contribution in [3.63, 3.8) is 0 Å². The van der Waals surface area contributed by atoms with Crippen molar-refractivity contribution in [1.82, 2.24) is 4.98 Å². The molecule has 1 N–H and O–H groups in total. The molecule has 0 radical (unpaired) electrons. The maximum atomic E-state index is 9.35. The van der Waals surface area contributed by atoms with Crippen molar-refractivity contribution in [2.24, 2.45) is 0 Å². The van der Waals surface area contributed by atoms with Gasteiger partial charge in [0, 0.05) is 24.7 Å². The first-order valence-electron chi connectivity index (χ1n) is 6.16. The lowest BCUT2D eigenvalue weighted by Gasteiger charge is -2.18. The van der Waals surface area contributed by atoms with Crippen LogP contribution in [0.1, 0.15) is 31.2 Å². The normalized spacial score (nSPS) is 22.4. The lowest BCUT2D eigenvalue weighted by molar-refractivity contribution is 0.255. The topological polar surface area (TPSA) is 36.4 Å². The Balaban J connectivity index is 1.79. The summed E-state index contributed by atoms with van der Waals surface area (Å²) in [5.41, 5.74) is 1.26. The average Bonchev–Trinajstić information content (AvgIpc) is 2.96. The van der Waals surface area contributed by atoms with E-state index in [0.29, 0.717) is 0 Å². The number of aliphatic hydroxyl groups is 1. The highest BCUT2D eigenvalue weighted by Crippen LogP contribution is 2.47. The Morgan fingerprint density at radius 2 is 2.00 bits per heavy atom. The van der Waals surface area contributed by atoms with Crippen LogP contribution >= 0.6 is 0 Å². The van der Waals surface area contributed by atoms with Gasteiger partial charge in [-0.3, -0.25) is 0 Å². The third kappa shape index (κ3) is 1.59. The molecule has 16 heavy (non-hydrogen) atoms. The summed E-state index contributed by atoms with van der Waals surface area (Å²) < 4.78 is 0.